The number of nitrogens with zero attached hydrogens (tertiary/aromatic N) is 3. The van der Waals surface area contributed by atoms with E-state index < -0.39 is 30.9 Å². The van der Waals surface area contributed by atoms with E-state index in [9.17, 15) is 21.6 Å². The van der Waals surface area contributed by atoms with Crippen LogP contribution in [-0.4, -0.2) is 56.4 Å². The highest BCUT2D eigenvalue weighted by atomic mass is 35.5. The summed E-state index contributed by atoms with van der Waals surface area (Å²) in [5.74, 6) is -0.742. The molecule has 1 N–H and O–H groups in total. The lowest BCUT2D eigenvalue weighted by Gasteiger charge is -2.25. The monoisotopic (exact) mass is 458 g/mol. The summed E-state index contributed by atoms with van der Waals surface area (Å²) in [5.41, 5.74) is 0.00952. The maximum Gasteiger partial charge on any atom is 0.275 e. The molecule has 1 amide bonds. The van der Waals surface area contributed by atoms with E-state index >= 15 is 0 Å². The number of aromatic nitrogens is 2. The molecule has 0 unspecified atom stereocenters. The highest BCUT2D eigenvalue weighted by Gasteiger charge is 2.26. The third-order valence-electron chi connectivity index (χ3n) is 4.33. The molecule has 3 rings (SSSR count). The average Bonchev–Trinajstić information content (AvgIpc) is 2.68. The van der Waals surface area contributed by atoms with E-state index in [1.54, 1.807) is 0 Å². The van der Waals surface area contributed by atoms with E-state index in [1.165, 1.54) is 28.6 Å². The molecule has 29 heavy (non-hydrogen) atoms. The van der Waals surface area contributed by atoms with Crippen LogP contribution in [-0.2, 0) is 19.9 Å². The van der Waals surface area contributed by atoms with E-state index in [-0.39, 0.29) is 15.6 Å². The molecule has 156 valence electrons. The van der Waals surface area contributed by atoms with Gasteiger partial charge in [0.2, 0.25) is 25.0 Å². The van der Waals surface area contributed by atoms with E-state index in [0.29, 0.717) is 18.8 Å². The molecule has 0 saturated carbocycles. The van der Waals surface area contributed by atoms with Gasteiger partial charge in [-0.3, -0.25) is 4.79 Å². The van der Waals surface area contributed by atoms with Crippen molar-refractivity contribution in [1.82, 2.24) is 14.3 Å². The fourth-order valence-corrected chi connectivity index (χ4v) is 5.04. The van der Waals surface area contributed by atoms with E-state index in [1.807, 2.05) is 0 Å². The largest absolute Gasteiger partial charge is 0.321 e. The van der Waals surface area contributed by atoms with Gasteiger partial charge in [0.05, 0.1) is 16.1 Å². The van der Waals surface area contributed by atoms with Gasteiger partial charge in [-0.1, -0.05) is 18.0 Å². The number of hydrogen-bond donors (Lipinski definition) is 1. The Hall–Kier alpha value is -2.08. The van der Waals surface area contributed by atoms with Gasteiger partial charge in [0.15, 0.2) is 5.69 Å². The van der Waals surface area contributed by atoms with Gasteiger partial charge >= 0.3 is 0 Å². The molecule has 0 radical (unpaired) electrons. The third-order valence-corrected chi connectivity index (χ3v) is 7.38. The summed E-state index contributed by atoms with van der Waals surface area (Å²) in [6.45, 7) is 0.991. The summed E-state index contributed by atoms with van der Waals surface area (Å²) in [7, 11) is -7.29. The normalized spacial score (nSPS) is 15.8. The molecule has 0 spiro atoms. The smallest absolute Gasteiger partial charge is 0.275 e. The second-order valence-corrected chi connectivity index (χ2v) is 10.8. The van der Waals surface area contributed by atoms with Crippen molar-refractivity contribution in [2.75, 3.05) is 24.7 Å². The zero-order chi connectivity index (χ0) is 21.2. The molecular formula is C17H19ClN4O5S2. The molecule has 1 aliphatic heterocycles. The third kappa shape index (κ3) is 4.92. The highest BCUT2D eigenvalue weighted by molar-refractivity contribution is 7.90. The van der Waals surface area contributed by atoms with Crippen molar-refractivity contribution >= 4 is 43.1 Å². The minimum atomic E-state index is -3.71. The number of benzene rings is 1. The van der Waals surface area contributed by atoms with E-state index in [4.69, 9.17) is 11.6 Å². The standard InChI is InChI=1S/C17H19ClN4O5S2/c1-28(24,25)17-19-11-14(18)15(21-17)16(23)20-12-5-7-13(8-6-12)29(26,27)22-9-3-2-4-10-22/h5-8,11H,2-4,9-10H2,1H3,(H,20,23). The van der Waals surface area contributed by atoms with Crippen LogP contribution >= 0.6 is 11.6 Å². The van der Waals surface area contributed by atoms with Gasteiger partial charge in [-0.15, -0.1) is 0 Å². The topological polar surface area (TPSA) is 126 Å². The summed E-state index contributed by atoms with van der Waals surface area (Å²) in [6, 6.07) is 5.70. The van der Waals surface area contributed by atoms with Crippen molar-refractivity contribution in [2.45, 2.75) is 29.3 Å². The molecule has 0 aliphatic carbocycles. The van der Waals surface area contributed by atoms with Crippen LogP contribution in [0.1, 0.15) is 29.8 Å². The maximum atomic E-state index is 12.7. The first-order valence-corrected chi connectivity index (χ1v) is 12.4. The molecule has 0 bridgehead atoms. The molecule has 1 fully saturated rings. The maximum absolute atomic E-state index is 12.7. The van der Waals surface area contributed by atoms with Gasteiger partial charge in [0.1, 0.15) is 0 Å². The fourth-order valence-electron chi connectivity index (χ4n) is 2.84. The second-order valence-electron chi connectivity index (χ2n) is 6.56. The first-order valence-electron chi connectivity index (χ1n) is 8.73. The number of hydrogen-bond acceptors (Lipinski definition) is 7. The summed E-state index contributed by atoms with van der Waals surface area (Å²) in [5, 5.41) is 1.89. The lowest BCUT2D eigenvalue weighted by Crippen LogP contribution is -2.35. The number of halogens is 1. The zero-order valence-electron chi connectivity index (χ0n) is 15.5. The Morgan fingerprint density at radius 1 is 1.07 bits per heavy atom. The predicted molar refractivity (Wildman–Crippen MR) is 107 cm³/mol. The Morgan fingerprint density at radius 2 is 1.69 bits per heavy atom. The molecule has 0 atom stereocenters. The minimum Gasteiger partial charge on any atom is -0.321 e. The molecule has 9 nitrogen and oxygen atoms in total. The van der Waals surface area contributed by atoms with Gasteiger partial charge in [0, 0.05) is 25.0 Å². The number of carbonyl (C=O) groups excluding carboxylic acids is 1. The van der Waals surface area contributed by atoms with Crippen molar-refractivity contribution in [2.24, 2.45) is 0 Å². The van der Waals surface area contributed by atoms with Crippen LogP contribution in [0.25, 0.3) is 0 Å². The quantitative estimate of drug-likeness (QED) is 0.678. The first-order chi connectivity index (χ1) is 13.6. The SMILES string of the molecule is CS(=O)(=O)c1ncc(Cl)c(C(=O)Nc2ccc(S(=O)(=O)N3CCCCC3)cc2)n1. The summed E-state index contributed by atoms with van der Waals surface area (Å²) in [4.78, 5) is 19.9. The Bertz CT molecular complexity index is 1130. The van der Waals surface area contributed by atoms with Crippen molar-refractivity contribution in [3.8, 4) is 0 Å². The number of piperidine rings is 1. The number of rotatable bonds is 5. The zero-order valence-corrected chi connectivity index (χ0v) is 17.9. The first kappa shape index (κ1) is 21.6. The van der Waals surface area contributed by atoms with Crippen molar-refractivity contribution < 1.29 is 21.6 Å². The summed E-state index contributed by atoms with van der Waals surface area (Å²) in [6.07, 6.45) is 4.64. The van der Waals surface area contributed by atoms with Crippen LogP contribution < -0.4 is 5.32 Å². The lowest BCUT2D eigenvalue weighted by atomic mass is 10.2. The van der Waals surface area contributed by atoms with Crippen LogP contribution in [0.3, 0.4) is 0 Å². The molecule has 1 aromatic heterocycles. The van der Waals surface area contributed by atoms with Gasteiger partial charge in [-0.25, -0.2) is 26.8 Å². The Balaban J connectivity index is 1.79. The number of carbonyl (C=O) groups is 1. The van der Waals surface area contributed by atoms with Gasteiger partial charge < -0.3 is 5.32 Å². The molecule has 1 saturated heterocycles. The number of nitrogens with one attached hydrogen (secondary N) is 1. The van der Waals surface area contributed by atoms with Gasteiger partial charge in [-0.05, 0) is 37.1 Å². The number of sulfonamides is 1. The summed E-state index contributed by atoms with van der Waals surface area (Å²) < 4.78 is 49.9. The highest BCUT2D eigenvalue weighted by Crippen LogP contribution is 2.23. The van der Waals surface area contributed by atoms with Crippen LogP contribution in [0, 0.1) is 0 Å². The Morgan fingerprint density at radius 3 is 2.28 bits per heavy atom. The molecule has 12 heteroatoms. The van der Waals surface area contributed by atoms with E-state index in [0.717, 1.165) is 31.7 Å². The van der Waals surface area contributed by atoms with Crippen LogP contribution in [0.5, 0.6) is 0 Å². The van der Waals surface area contributed by atoms with Crippen molar-refractivity contribution in [3.63, 3.8) is 0 Å². The Kier molecular flexibility index (Phi) is 6.22. The molecular weight excluding hydrogens is 440 g/mol. The van der Waals surface area contributed by atoms with Crippen LogP contribution in [0.15, 0.2) is 40.5 Å². The summed E-state index contributed by atoms with van der Waals surface area (Å²) >= 11 is 5.91. The average molecular weight is 459 g/mol. The Labute approximate surface area is 174 Å². The minimum absolute atomic E-state index is 0.112. The second kappa shape index (κ2) is 8.34. The molecule has 1 aromatic carbocycles. The van der Waals surface area contributed by atoms with Crippen LogP contribution in [0.2, 0.25) is 5.02 Å². The molecule has 2 aromatic rings. The number of amides is 1. The number of sulfone groups is 1. The molecule has 2 heterocycles. The fraction of sp³-hybridized carbons (Fsp3) is 0.353. The van der Waals surface area contributed by atoms with Gasteiger partial charge in [-0.2, -0.15) is 4.31 Å². The van der Waals surface area contributed by atoms with Gasteiger partial charge in [0.25, 0.3) is 5.91 Å². The van der Waals surface area contributed by atoms with E-state index in [2.05, 4.69) is 15.3 Å². The lowest BCUT2D eigenvalue weighted by molar-refractivity contribution is 0.102. The van der Waals surface area contributed by atoms with Crippen LogP contribution in [0.4, 0.5) is 5.69 Å². The predicted octanol–water partition coefficient (Wildman–Crippen LogP) is 1.96. The van der Waals surface area contributed by atoms with Crippen molar-refractivity contribution in [1.29, 1.82) is 0 Å². The molecule has 1 aliphatic rings. The number of anilines is 1. The van der Waals surface area contributed by atoms with Crippen molar-refractivity contribution in [3.05, 3.63) is 41.2 Å².